The van der Waals surface area contributed by atoms with Gasteiger partial charge in [0.1, 0.15) is 33.2 Å². The lowest BCUT2D eigenvalue weighted by Crippen LogP contribution is -2.55. The van der Waals surface area contributed by atoms with Gasteiger partial charge in [0.25, 0.3) is 0 Å². The predicted molar refractivity (Wildman–Crippen MR) is 192 cm³/mol. The Hall–Kier alpha value is -5.23. The van der Waals surface area contributed by atoms with E-state index >= 15 is 0 Å². The summed E-state index contributed by atoms with van der Waals surface area (Å²) in [6.45, 7) is 9.22. The van der Waals surface area contributed by atoms with Crippen LogP contribution in [0.15, 0.2) is 72.8 Å². The van der Waals surface area contributed by atoms with E-state index in [4.69, 9.17) is 14.2 Å². The predicted octanol–water partition coefficient (Wildman–Crippen LogP) is 6.05. The van der Waals surface area contributed by atoms with Crippen molar-refractivity contribution in [3.8, 4) is 23.3 Å². The average molecular weight is 712 g/mol. The van der Waals surface area contributed by atoms with Gasteiger partial charge >= 0.3 is 17.9 Å². The van der Waals surface area contributed by atoms with E-state index in [0.717, 1.165) is 11.1 Å². The van der Waals surface area contributed by atoms with Gasteiger partial charge in [0.15, 0.2) is 5.60 Å². The van der Waals surface area contributed by atoms with Crippen molar-refractivity contribution in [2.24, 2.45) is 5.92 Å². The summed E-state index contributed by atoms with van der Waals surface area (Å²) in [5.41, 5.74) is 4.97. The Balaban J connectivity index is 1.63. The van der Waals surface area contributed by atoms with Gasteiger partial charge in [-0.15, -0.1) is 5.54 Å². The summed E-state index contributed by atoms with van der Waals surface area (Å²) in [6.07, 6.45) is 0.0603. The van der Waals surface area contributed by atoms with Crippen molar-refractivity contribution in [1.29, 1.82) is 0 Å². The van der Waals surface area contributed by atoms with Gasteiger partial charge < -0.3 is 24.2 Å². The number of rotatable bonds is 11. The number of esters is 3. The van der Waals surface area contributed by atoms with E-state index in [0.29, 0.717) is 29.7 Å². The molecule has 51 heavy (non-hydrogen) atoms. The number of hydrogen-bond donors (Lipinski definition) is 1. The lowest BCUT2D eigenvalue weighted by Gasteiger charge is -2.48. The summed E-state index contributed by atoms with van der Waals surface area (Å²) in [7, 11) is -1.58. The third-order valence-corrected chi connectivity index (χ3v) is 8.83. The van der Waals surface area contributed by atoms with E-state index in [-0.39, 0.29) is 11.9 Å². The van der Waals surface area contributed by atoms with Crippen molar-refractivity contribution >= 4 is 37.6 Å². The maximum Gasteiger partial charge on any atom is 0.303 e. The van der Waals surface area contributed by atoms with E-state index in [1.54, 1.807) is 29.2 Å². The number of halogens is 1. The molecule has 3 aromatic rings. The first kappa shape index (κ1) is 38.6. The topological polar surface area (TPSA) is 119 Å². The van der Waals surface area contributed by atoms with Crippen molar-refractivity contribution in [3.05, 3.63) is 101 Å². The molecule has 1 fully saturated rings. The van der Waals surface area contributed by atoms with Gasteiger partial charge in [-0.3, -0.25) is 19.2 Å². The van der Waals surface area contributed by atoms with Gasteiger partial charge in [0.05, 0.1) is 12.0 Å². The minimum atomic E-state index is -1.92. The molecular formula is C40H42FNO8Si. The zero-order chi connectivity index (χ0) is 37.3. The summed E-state index contributed by atoms with van der Waals surface area (Å²) in [5.74, 6) is 6.07. The van der Waals surface area contributed by atoms with Crippen LogP contribution in [0.25, 0.3) is 0 Å². The molecule has 4 rings (SSSR count). The molecule has 1 amide bonds. The Bertz CT molecular complexity index is 1840. The van der Waals surface area contributed by atoms with Gasteiger partial charge in [-0.2, -0.15) is 0 Å². The standard InChI is InChI=1S/C40H42FNO8Si/c1-27(43)48-25-40(47,26-49-28(2)44)23-21-30-7-11-33(12-8-30)38-36(19-20-37(50-29(3)45)32-13-15-34(41)16-14-32)39(46)42(38)35-17-9-31(10-18-35)22-24-51(4,5)6/h7-18,36-38,47H,19-20,25-26H2,1-6H3/t36-,37?,38-/m1/s1. The SMILES string of the molecule is CC(=O)OCC(O)(C#Cc1ccc([C@@H]2[C@@H](CCC(OC(C)=O)c3ccc(F)cc3)C(=O)N2c2ccc(C#C[Si](C)(C)C)cc2)cc1)COC(C)=O. The Morgan fingerprint density at radius 1 is 0.843 bits per heavy atom. The second kappa shape index (κ2) is 16.6. The van der Waals surface area contributed by atoms with E-state index < -0.39 is 62.6 Å². The summed E-state index contributed by atoms with van der Waals surface area (Å²) in [6, 6.07) is 20.1. The lowest BCUT2D eigenvalue weighted by molar-refractivity contribution is -0.154. The fourth-order valence-corrected chi connectivity index (χ4v) is 5.99. The van der Waals surface area contributed by atoms with Crippen LogP contribution in [0.4, 0.5) is 10.1 Å². The number of benzene rings is 3. The van der Waals surface area contributed by atoms with Crippen LogP contribution in [-0.4, -0.2) is 55.8 Å². The molecule has 1 aliphatic rings. The number of carbonyl (C=O) groups is 4. The van der Waals surface area contributed by atoms with Crippen molar-refractivity contribution < 1.29 is 42.9 Å². The van der Waals surface area contributed by atoms with Crippen LogP contribution in [0.1, 0.15) is 68.0 Å². The highest BCUT2D eigenvalue weighted by atomic mass is 28.3. The largest absolute Gasteiger partial charge is 0.462 e. The summed E-state index contributed by atoms with van der Waals surface area (Å²) in [4.78, 5) is 50.2. The zero-order valence-electron chi connectivity index (χ0n) is 29.6. The number of hydrogen-bond acceptors (Lipinski definition) is 8. The van der Waals surface area contributed by atoms with Crippen LogP contribution in [0.3, 0.4) is 0 Å². The van der Waals surface area contributed by atoms with Crippen LogP contribution in [-0.2, 0) is 33.4 Å². The molecular weight excluding hydrogens is 670 g/mol. The Labute approximate surface area is 299 Å². The Kier molecular flexibility index (Phi) is 12.6. The summed E-state index contributed by atoms with van der Waals surface area (Å²) in [5, 5.41) is 10.9. The maximum atomic E-state index is 13.8. The minimum absolute atomic E-state index is 0.0912. The monoisotopic (exact) mass is 711 g/mol. The van der Waals surface area contributed by atoms with Crippen LogP contribution in [0, 0.1) is 35.0 Å². The average Bonchev–Trinajstić information content (AvgIpc) is 3.07. The molecule has 0 radical (unpaired) electrons. The first-order chi connectivity index (χ1) is 24.0. The summed E-state index contributed by atoms with van der Waals surface area (Å²) < 4.78 is 29.1. The number of aliphatic hydroxyl groups is 1. The number of ether oxygens (including phenoxy) is 3. The number of β-lactam (4-membered cyclic amide) rings is 1. The molecule has 3 aromatic carbocycles. The highest BCUT2D eigenvalue weighted by Crippen LogP contribution is 2.46. The minimum Gasteiger partial charge on any atom is -0.462 e. The molecule has 1 heterocycles. The third kappa shape index (κ3) is 11.1. The second-order valence-corrected chi connectivity index (χ2v) is 18.2. The van der Waals surface area contributed by atoms with Crippen LogP contribution in [0.5, 0.6) is 0 Å². The first-order valence-electron chi connectivity index (χ1n) is 16.5. The fraction of sp³-hybridized carbons (Fsp3) is 0.350. The second-order valence-electron chi connectivity index (χ2n) is 13.5. The maximum absolute atomic E-state index is 13.8. The molecule has 0 spiro atoms. The van der Waals surface area contributed by atoms with E-state index in [1.165, 1.54) is 32.9 Å². The normalized spacial score (nSPS) is 16.0. The summed E-state index contributed by atoms with van der Waals surface area (Å²) >= 11 is 0. The first-order valence-corrected chi connectivity index (χ1v) is 20.0. The molecule has 266 valence electrons. The van der Waals surface area contributed by atoms with Crippen LogP contribution < -0.4 is 4.90 Å². The van der Waals surface area contributed by atoms with Crippen LogP contribution >= 0.6 is 0 Å². The van der Waals surface area contributed by atoms with E-state index in [1.807, 2.05) is 36.4 Å². The molecule has 0 saturated carbocycles. The lowest BCUT2D eigenvalue weighted by atomic mass is 9.78. The molecule has 0 bridgehead atoms. The number of carbonyl (C=O) groups excluding carboxylic acids is 4. The van der Waals surface area contributed by atoms with Gasteiger partial charge in [-0.1, -0.05) is 61.7 Å². The highest BCUT2D eigenvalue weighted by molar-refractivity contribution is 6.83. The van der Waals surface area contributed by atoms with Crippen LogP contribution in [0.2, 0.25) is 19.6 Å². The molecule has 1 unspecified atom stereocenters. The highest BCUT2D eigenvalue weighted by Gasteiger charge is 2.48. The Morgan fingerprint density at radius 3 is 1.92 bits per heavy atom. The molecule has 1 saturated heterocycles. The number of nitrogens with zero attached hydrogens (tertiary/aromatic N) is 1. The van der Waals surface area contributed by atoms with E-state index in [2.05, 4.69) is 42.9 Å². The third-order valence-electron chi connectivity index (χ3n) is 7.95. The van der Waals surface area contributed by atoms with E-state index in [9.17, 15) is 28.7 Å². The molecule has 0 aliphatic carbocycles. The quantitative estimate of drug-likeness (QED) is 0.0840. The molecule has 11 heteroatoms. The van der Waals surface area contributed by atoms with Crippen molar-refractivity contribution in [1.82, 2.24) is 0 Å². The number of anilines is 1. The molecule has 9 nitrogen and oxygen atoms in total. The molecule has 0 aromatic heterocycles. The smallest absolute Gasteiger partial charge is 0.303 e. The molecule has 1 N–H and O–H groups in total. The van der Waals surface area contributed by atoms with Crippen molar-refractivity contribution in [2.45, 2.75) is 71.0 Å². The zero-order valence-corrected chi connectivity index (χ0v) is 30.6. The van der Waals surface area contributed by atoms with Gasteiger partial charge in [-0.25, -0.2) is 4.39 Å². The van der Waals surface area contributed by atoms with Gasteiger partial charge in [-0.05, 0) is 72.5 Å². The molecule has 1 aliphatic heterocycles. The van der Waals surface area contributed by atoms with Crippen molar-refractivity contribution in [3.63, 3.8) is 0 Å². The van der Waals surface area contributed by atoms with Gasteiger partial charge in [0, 0.05) is 37.6 Å². The number of amides is 1. The van der Waals surface area contributed by atoms with Crippen molar-refractivity contribution in [2.75, 3.05) is 18.1 Å². The fourth-order valence-electron chi connectivity index (χ4n) is 5.47. The van der Waals surface area contributed by atoms with Gasteiger partial charge in [0.2, 0.25) is 5.91 Å². The molecule has 3 atom stereocenters. The Morgan fingerprint density at radius 2 is 1.39 bits per heavy atom.